The number of amides is 2. The monoisotopic (exact) mass is 239 g/mol. The van der Waals surface area contributed by atoms with Gasteiger partial charge in [0.15, 0.2) is 0 Å². The minimum absolute atomic E-state index is 0.0821. The van der Waals surface area contributed by atoms with E-state index in [4.69, 9.17) is 10.8 Å². The lowest BCUT2D eigenvalue weighted by atomic mass is 9.91. The molecule has 0 aromatic carbocycles. The summed E-state index contributed by atoms with van der Waals surface area (Å²) < 4.78 is 0. The maximum absolute atomic E-state index is 11.3. The number of nitrogens with zero attached hydrogens (tertiary/aromatic N) is 1. The first-order chi connectivity index (χ1) is 8.08. The molecular formula is C11H17N3O3. The molecule has 0 aromatic rings. The van der Waals surface area contributed by atoms with E-state index in [0.29, 0.717) is 5.70 Å². The highest BCUT2D eigenvalue weighted by atomic mass is 16.4. The molecule has 17 heavy (non-hydrogen) atoms. The Labute approximate surface area is 99.5 Å². The van der Waals surface area contributed by atoms with Crippen LogP contribution in [0.5, 0.6) is 0 Å². The molecule has 0 unspecified atom stereocenters. The highest BCUT2D eigenvalue weighted by Gasteiger charge is 2.29. The van der Waals surface area contributed by atoms with Crippen LogP contribution in [0.4, 0.5) is 4.79 Å². The molecule has 1 heterocycles. The maximum Gasteiger partial charge on any atom is 0.414 e. The van der Waals surface area contributed by atoms with Crippen molar-refractivity contribution in [3.8, 4) is 0 Å². The molecule has 0 radical (unpaired) electrons. The third kappa shape index (κ3) is 2.58. The van der Waals surface area contributed by atoms with Crippen LogP contribution >= 0.6 is 0 Å². The summed E-state index contributed by atoms with van der Waals surface area (Å²) >= 11 is 0. The minimum Gasteiger partial charge on any atom is -0.465 e. The maximum atomic E-state index is 11.3. The van der Waals surface area contributed by atoms with Gasteiger partial charge in [-0.15, -0.1) is 0 Å². The fraction of sp³-hybridized carbons (Fsp3) is 0.636. The first-order valence-corrected chi connectivity index (χ1v) is 5.85. The molecule has 2 amide bonds. The average Bonchev–Trinajstić information content (AvgIpc) is 2.63. The van der Waals surface area contributed by atoms with Crippen molar-refractivity contribution in [3.63, 3.8) is 0 Å². The number of rotatable bonds is 2. The molecule has 0 aromatic heterocycles. The molecule has 0 bridgehead atoms. The van der Waals surface area contributed by atoms with E-state index in [0.717, 1.165) is 30.6 Å². The van der Waals surface area contributed by atoms with Crippen molar-refractivity contribution in [1.82, 2.24) is 10.2 Å². The van der Waals surface area contributed by atoms with E-state index in [9.17, 15) is 9.59 Å². The van der Waals surface area contributed by atoms with Crippen molar-refractivity contribution in [1.29, 1.82) is 0 Å². The van der Waals surface area contributed by atoms with Gasteiger partial charge in [0, 0.05) is 23.9 Å². The molecule has 1 aliphatic carbocycles. The molecule has 4 N–H and O–H groups in total. The summed E-state index contributed by atoms with van der Waals surface area (Å²) in [6, 6.07) is 0.232. The zero-order valence-corrected chi connectivity index (χ0v) is 9.56. The highest BCUT2D eigenvalue weighted by molar-refractivity contribution is 6.01. The van der Waals surface area contributed by atoms with Gasteiger partial charge in [-0.1, -0.05) is 12.8 Å². The van der Waals surface area contributed by atoms with Crippen LogP contribution in [0, 0.1) is 0 Å². The van der Waals surface area contributed by atoms with Crippen molar-refractivity contribution in [3.05, 3.63) is 11.8 Å². The fourth-order valence-corrected chi connectivity index (χ4v) is 2.35. The van der Waals surface area contributed by atoms with Crippen molar-refractivity contribution < 1.29 is 14.7 Å². The van der Waals surface area contributed by atoms with Crippen LogP contribution in [-0.4, -0.2) is 40.6 Å². The Morgan fingerprint density at radius 3 is 2.76 bits per heavy atom. The number of imide groups is 1. The lowest BCUT2D eigenvalue weighted by Gasteiger charge is -2.30. The lowest BCUT2D eigenvalue weighted by molar-refractivity contribution is -0.122. The van der Waals surface area contributed by atoms with E-state index < -0.39 is 12.0 Å². The molecule has 2 atom stereocenters. The summed E-state index contributed by atoms with van der Waals surface area (Å²) in [5.41, 5.74) is 6.63. The van der Waals surface area contributed by atoms with Crippen LogP contribution in [0.1, 0.15) is 25.7 Å². The summed E-state index contributed by atoms with van der Waals surface area (Å²) in [5.74, 6) is -0.482. The number of hydrogen-bond acceptors (Lipinski definition) is 4. The molecule has 6 heteroatoms. The normalized spacial score (nSPS) is 29.1. The fourth-order valence-electron chi connectivity index (χ4n) is 2.35. The topological polar surface area (TPSA) is 95.7 Å². The summed E-state index contributed by atoms with van der Waals surface area (Å²) in [6.07, 6.45) is 4.33. The van der Waals surface area contributed by atoms with E-state index in [-0.39, 0.29) is 18.6 Å². The number of nitrogens with two attached hydrogens (primary N) is 1. The van der Waals surface area contributed by atoms with Crippen molar-refractivity contribution in [2.75, 3.05) is 6.54 Å². The number of carbonyl (C=O) groups is 2. The van der Waals surface area contributed by atoms with Gasteiger partial charge in [-0.2, -0.15) is 0 Å². The molecule has 94 valence electrons. The molecule has 1 saturated carbocycles. The molecular weight excluding hydrogens is 222 g/mol. The second-order valence-corrected chi connectivity index (χ2v) is 4.58. The van der Waals surface area contributed by atoms with Gasteiger partial charge in [0.2, 0.25) is 0 Å². The van der Waals surface area contributed by atoms with Crippen LogP contribution in [0.3, 0.4) is 0 Å². The Balaban J connectivity index is 1.94. The van der Waals surface area contributed by atoms with Crippen molar-refractivity contribution in [2.24, 2.45) is 5.73 Å². The minimum atomic E-state index is -1.21. The molecule has 2 rings (SSSR count). The van der Waals surface area contributed by atoms with Gasteiger partial charge >= 0.3 is 6.09 Å². The van der Waals surface area contributed by atoms with Gasteiger partial charge in [-0.05, 0) is 12.8 Å². The molecule has 1 fully saturated rings. The summed E-state index contributed by atoms with van der Waals surface area (Å²) in [7, 11) is 0. The average molecular weight is 239 g/mol. The number of hydrogen-bond donors (Lipinski definition) is 3. The number of carbonyl (C=O) groups excluding carboxylic acids is 1. The third-order valence-corrected chi connectivity index (χ3v) is 3.31. The molecule has 0 saturated heterocycles. The van der Waals surface area contributed by atoms with Crippen molar-refractivity contribution in [2.45, 2.75) is 37.8 Å². The molecule has 6 nitrogen and oxygen atoms in total. The largest absolute Gasteiger partial charge is 0.465 e. The van der Waals surface area contributed by atoms with Crippen molar-refractivity contribution >= 4 is 12.0 Å². The zero-order valence-electron chi connectivity index (χ0n) is 9.56. The smallest absolute Gasteiger partial charge is 0.414 e. The third-order valence-electron chi connectivity index (χ3n) is 3.31. The molecule has 1 aliphatic heterocycles. The van der Waals surface area contributed by atoms with Crippen LogP contribution in [0.15, 0.2) is 11.8 Å². The summed E-state index contributed by atoms with van der Waals surface area (Å²) in [5, 5.41) is 12.0. The van der Waals surface area contributed by atoms with Gasteiger partial charge in [0.05, 0.1) is 6.54 Å². The van der Waals surface area contributed by atoms with Gasteiger partial charge in [0.1, 0.15) is 0 Å². The van der Waals surface area contributed by atoms with Crippen LogP contribution in [0.25, 0.3) is 0 Å². The number of nitrogens with one attached hydrogen (secondary N) is 1. The summed E-state index contributed by atoms with van der Waals surface area (Å²) in [6.45, 7) is 0.109. The molecule has 2 aliphatic rings. The van der Waals surface area contributed by atoms with Crippen LogP contribution in [-0.2, 0) is 4.79 Å². The van der Waals surface area contributed by atoms with E-state index in [1.807, 2.05) is 0 Å². The standard InChI is InChI=1S/C11H17N3O3/c12-8-3-1-2-4-9(8)13-7-5-10(15)14(6-7)11(16)17/h5,8-9,13H,1-4,6,12H2,(H,16,17)/t8-,9-/m1/s1. The zero-order chi connectivity index (χ0) is 12.4. The first kappa shape index (κ1) is 11.9. The first-order valence-electron chi connectivity index (χ1n) is 5.85. The Morgan fingerprint density at radius 1 is 1.47 bits per heavy atom. The Hall–Kier alpha value is -1.56. The highest BCUT2D eigenvalue weighted by Crippen LogP contribution is 2.19. The SMILES string of the molecule is N[C@@H]1CCCC[C@H]1NC1=CC(=O)N(C(=O)O)C1. The number of carboxylic acid groups (broad SMARTS) is 1. The second-order valence-electron chi connectivity index (χ2n) is 4.58. The van der Waals surface area contributed by atoms with E-state index in [2.05, 4.69) is 5.32 Å². The van der Waals surface area contributed by atoms with Gasteiger partial charge in [-0.25, -0.2) is 9.69 Å². The lowest BCUT2D eigenvalue weighted by Crippen LogP contribution is -2.47. The summed E-state index contributed by atoms with van der Waals surface area (Å²) in [4.78, 5) is 22.9. The molecule has 0 spiro atoms. The predicted octanol–water partition coefficient (Wildman–Crippen LogP) is 0.250. The van der Waals surface area contributed by atoms with E-state index in [1.54, 1.807) is 0 Å². The Morgan fingerprint density at radius 2 is 2.18 bits per heavy atom. The quantitative estimate of drug-likeness (QED) is 0.642. The predicted molar refractivity (Wildman–Crippen MR) is 61.2 cm³/mol. The second kappa shape index (κ2) is 4.75. The van der Waals surface area contributed by atoms with Crippen LogP contribution < -0.4 is 11.1 Å². The Kier molecular flexibility index (Phi) is 3.33. The van der Waals surface area contributed by atoms with E-state index >= 15 is 0 Å². The van der Waals surface area contributed by atoms with Gasteiger partial charge in [0.25, 0.3) is 5.91 Å². The van der Waals surface area contributed by atoms with E-state index in [1.165, 1.54) is 6.08 Å². The van der Waals surface area contributed by atoms with Gasteiger partial charge < -0.3 is 16.2 Å². The Bertz CT molecular complexity index is 367. The van der Waals surface area contributed by atoms with Crippen LogP contribution in [0.2, 0.25) is 0 Å². The van der Waals surface area contributed by atoms with Gasteiger partial charge in [-0.3, -0.25) is 4.79 Å².